The fourth-order valence-electron chi connectivity index (χ4n) is 1.36. The van der Waals surface area contributed by atoms with Crippen LogP contribution in [0.3, 0.4) is 0 Å². The maximum Gasteiger partial charge on any atom is 0.150 e. The molecule has 0 aliphatic carbocycles. The van der Waals surface area contributed by atoms with E-state index in [0.717, 1.165) is 6.54 Å². The molecular formula is C10H12FNO. The maximum atomic E-state index is 13.2. The molecule has 1 aliphatic rings. The Hall–Kier alpha value is -1.25. The summed E-state index contributed by atoms with van der Waals surface area (Å²) in [5, 5.41) is 3.04. The molecule has 3 heteroatoms. The molecule has 0 bridgehead atoms. The van der Waals surface area contributed by atoms with Crippen molar-refractivity contribution in [3.63, 3.8) is 0 Å². The van der Waals surface area contributed by atoms with Crippen LogP contribution in [-0.2, 0) is 0 Å². The highest BCUT2D eigenvalue weighted by Gasteiger charge is 2.15. The average Bonchev–Trinajstić information content (AvgIpc) is 2.30. The standard InChI is InChI=1S/C10H12FNO/c1-7-5-12-10-8(11)3-2-4-9(10)13-6-7/h2-4,7,12H,5-6H2,1H3. The molecule has 1 heterocycles. The van der Waals surface area contributed by atoms with Crippen molar-refractivity contribution in [3.8, 4) is 5.75 Å². The molecule has 1 aromatic carbocycles. The fourth-order valence-corrected chi connectivity index (χ4v) is 1.36. The highest BCUT2D eigenvalue weighted by molar-refractivity contribution is 5.57. The fraction of sp³-hybridized carbons (Fsp3) is 0.400. The lowest BCUT2D eigenvalue weighted by atomic mass is 10.2. The number of benzene rings is 1. The number of ether oxygens (including phenoxy) is 1. The van der Waals surface area contributed by atoms with Crippen LogP contribution in [0.15, 0.2) is 18.2 Å². The lowest BCUT2D eigenvalue weighted by Crippen LogP contribution is -2.13. The largest absolute Gasteiger partial charge is 0.491 e. The molecule has 1 aliphatic heterocycles. The Balaban J connectivity index is 2.35. The molecule has 0 spiro atoms. The summed E-state index contributed by atoms with van der Waals surface area (Å²) in [4.78, 5) is 0. The number of hydrogen-bond donors (Lipinski definition) is 1. The van der Waals surface area contributed by atoms with Crippen molar-refractivity contribution in [2.75, 3.05) is 18.5 Å². The Bertz CT molecular complexity index is 314. The van der Waals surface area contributed by atoms with E-state index in [4.69, 9.17) is 4.74 Å². The first-order valence-corrected chi connectivity index (χ1v) is 4.42. The van der Waals surface area contributed by atoms with Gasteiger partial charge in [-0.1, -0.05) is 13.0 Å². The average molecular weight is 181 g/mol. The van der Waals surface area contributed by atoms with Gasteiger partial charge in [0, 0.05) is 12.5 Å². The SMILES string of the molecule is CC1CNc2c(F)cccc2OC1. The first kappa shape index (κ1) is 8.35. The zero-order valence-electron chi connectivity index (χ0n) is 7.51. The molecule has 0 fully saturated rings. The molecule has 1 unspecified atom stereocenters. The minimum absolute atomic E-state index is 0.244. The monoisotopic (exact) mass is 181 g/mol. The maximum absolute atomic E-state index is 13.2. The van der Waals surface area contributed by atoms with Crippen LogP contribution in [0.2, 0.25) is 0 Å². The van der Waals surface area contributed by atoms with E-state index in [-0.39, 0.29) is 5.82 Å². The molecule has 70 valence electrons. The summed E-state index contributed by atoms with van der Waals surface area (Å²) in [6, 6.07) is 4.88. The Labute approximate surface area is 76.7 Å². The van der Waals surface area contributed by atoms with Gasteiger partial charge in [-0.15, -0.1) is 0 Å². The number of nitrogens with one attached hydrogen (secondary N) is 1. The second kappa shape index (κ2) is 3.24. The van der Waals surface area contributed by atoms with E-state index in [0.29, 0.717) is 24.0 Å². The van der Waals surface area contributed by atoms with Crippen LogP contribution in [0.4, 0.5) is 10.1 Å². The minimum Gasteiger partial charge on any atom is -0.491 e. The van der Waals surface area contributed by atoms with Gasteiger partial charge in [0.1, 0.15) is 17.3 Å². The summed E-state index contributed by atoms with van der Waals surface area (Å²) in [7, 11) is 0. The summed E-state index contributed by atoms with van der Waals surface area (Å²) in [6.45, 7) is 3.47. The summed E-state index contributed by atoms with van der Waals surface area (Å²) >= 11 is 0. The van der Waals surface area contributed by atoms with Crippen molar-refractivity contribution in [1.29, 1.82) is 0 Å². The topological polar surface area (TPSA) is 21.3 Å². The molecule has 1 N–H and O–H groups in total. The summed E-state index contributed by atoms with van der Waals surface area (Å²) in [6.07, 6.45) is 0. The normalized spacial score (nSPS) is 20.9. The number of halogens is 1. The van der Waals surface area contributed by atoms with Gasteiger partial charge in [0.05, 0.1) is 6.61 Å². The Morgan fingerprint density at radius 1 is 1.54 bits per heavy atom. The quantitative estimate of drug-likeness (QED) is 0.663. The van der Waals surface area contributed by atoms with Gasteiger partial charge < -0.3 is 10.1 Å². The molecule has 2 nitrogen and oxygen atoms in total. The Morgan fingerprint density at radius 3 is 3.23 bits per heavy atom. The molecule has 1 aromatic rings. The van der Waals surface area contributed by atoms with E-state index < -0.39 is 0 Å². The van der Waals surface area contributed by atoms with Crippen molar-refractivity contribution < 1.29 is 9.13 Å². The summed E-state index contributed by atoms with van der Waals surface area (Å²) < 4.78 is 18.7. The minimum atomic E-state index is -0.244. The van der Waals surface area contributed by atoms with Gasteiger partial charge >= 0.3 is 0 Å². The molecule has 0 radical (unpaired) electrons. The lowest BCUT2D eigenvalue weighted by Gasteiger charge is -2.07. The van der Waals surface area contributed by atoms with Crippen LogP contribution < -0.4 is 10.1 Å². The van der Waals surface area contributed by atoms with E-state index in [1.807, 2.05) is 0 Å². The van der Waals surface area contributed by atoms with Crippen molar-refractivity contribution in [2.45, 2.75) is 6.92 Å². The molecule has 0 amide bonds. The third-order valence-electron chi connectivity index (χ3n) is 2.13. The van der Waals surface area contributed by atoms with E-state index >= 15 is 0 Å². The van der Waals surface area contributed by atoms with Crippen LogP contribution in [0.25, 0.3) is 0 Å². The van der Waals surface area contributed by atoms with Crippen molar-refractivity contribution in [2.24, 2.45) is 5.92 Å². The van der Waals surface area contributed by atoms with E-state index in [1.54, 1.807) is 12.1 Å². The molecule has 13 heavy (non-hydrogen) atoms. The van der Waals surface area contributed by atoms with E-state index in [9.17, 15) is 4.39 Å². The predicted molar refractivity (Wildman–Crippen MR) is 49.5 cm³/mol. The molecule has 0 aromatic heterocycles. The summed E-state index contributed by atoms with van der Waals surface area (Å²) in [5.74, 6) is 0.780. The van der Waals surface area contributed by atoms with Crippen LogP contribution >= 0.6 is 0 Å². The number of para-hydroxylation sites is 1. The third kappa shape index (κ3) is 1.59. The van der Waals surface area contributed by atoms with E-state index in [1.165, 1.54) is 6.07 Å². The Kier molecular flexibility index (Phi) is 2.08. The van der Waals surface area contributed by atoms with Gasteiger partial charge in [-0.2, -0.15) is 0 Å². The van der Waals surface area contributed by atoms with Crippen LogP contribution in [0.1, 0.15) is 6.92 Å². The summed E-state index contributed by atoms with van der Waals surface area (Å²) in [5.41, 5.74) is 0.492. The van der Waals surface area contributed by atoms with Gasteiger partial charge in [-0.05, 0) is 12.1 Å². The molecule has 2 rings (SSSR count). The predicted octanol–water partition coefficient (Wildman–Crippen LogP) is 2.27. The van der Waals surface area contributed by atoms with Crippen LogP contribution in [-0.4, -0.2) is 13.2 Å². The number of fused-ring (bicyclic) bond motifs is 1. The van der Waals surface area contributed by atoms with Gasteiger partial charge in [0.2, 0.25) is 0 Å². The highest BCUT2D eigenvalue weighted by atomic mass is 19.1. The molecular weight excluding hydrogens is 169 g/mol. The van der Waals surface area contributed by atoms with Crippen molar-refractivity contribution in [1.82, 2.24) is 0 Å². The van der Waals surface area contributed by atoms with Gasteiger partial charge in [0.15, 0.2) is 0 Å². The number of anilines is 1. The second-order valence-electron chi connectivity index (χ2n) is 3.41. The van der Waals surface area contributed by atoms with Crippen LogP contribution in [0, 0.1) is 11.7 Å². The van der Waals surface area contributed by atoms with E-state index in [2.05, 4.69) is 12.2 Å². The molecule has 0 saturated carbocycles. The van der Waals surface area contributed by atoms with Crippen LogP contribution in [0.5, 0.6) is 5.75 Å². The number of rotatable bonds is 0. The molecule has 1 atom stereocenters. The first-order chi connectivity index (χ1) is 6.27. The Morgan fingerprint density at radius 2 is 2.38 bits per heavy atom. The van der Waals surface area contributed by atoms with Gasteiger partial charge in [-0.3, -0.25) is 0 Å². The second-order valence-corrected chi connectivity index (χ2v) is 3.41. The van der Waals surface area contributed by atoms with Gasteiger partial charge in [0.25, 0.3) is 0 Å². The zero-order chi connectivity index (χ0) is 9.26. The highest BCUT2D eigenvalue weighted by Crippen LogP contribution is 2.29. The molecule has 0 saturated heterocycles. The van der Waals surface area contributed by atoms with Gasteiger partial charge in [-0.25, -0.2) is 4.39 Å². The third-order valence-corrected chi connectivity index (χ3v) is 2.13. The first-order valence-electron chi connectivity index (χ1n) is 4.42. The van der Waals surface area contributed by atoms with Crippen molar-refractivity contribution in [3.05, 3.63) is 24.0 Å². The lowest BCUT2D eigenvalue weighted by molar-refractivity contribution is 0.275. The van der Waals surface area contributed by atoms with Crippen molar-refractivity contribution >= 4 is 5.69 Å². The smallest absolute Gasteiger partial charge is 0.150 e. The number of hydrogen-bond acceptors (Lipinski definition) is 2. The zero-order valence-corrected chi connectivity index (χ0v) is 7.51.